The van der Waals surface area contributed by atoms with Crippen LogP contribution in [0.5, 0.6) is 0 Å². The number of benzene rings is 1. The van der Waals surface area contributed by atoms with Gasteiger partial charge < -0.3 is 10.6 Å². The molecule has 2 bridgehead atoms. The van der Waals surface area contributed by atoms with Crippen LogP contribution in [-0.2, 0) is 12.8 Å². The molecule has 1 heterocycles. The molecule has 2 atom stereocenters. The van der Waals surface area contributed by atoms with E-state index in [4.69, 9.17) is 0 Å². The van der Waals surface area contributed by atoms with Crippen LogP contribution in [0.25, 0.3) is 0 Å². The number of nitrogens with one attached hydrogen (secondary N) is 2. The molecule has 0 aliphatic heterocycles. The summed E-state index contributed by atoms with van der Waals surface area (Å²) in [5.41, 5.74) is 3.57. The normalized spacial score (nSPS) is 25.3. The Morgan fingerprint density at radius 2 is 1.70 bits per heavy atom. The summed E-state index contributed by atoms with van der Waals surface area (Å²) in [6.45, 7) is 0. The first-order chi connectivity index (χ1) is 11.3. The first-order valence-electron chi connectivity index (χ1n) is 8.20. The number of rotatable bonds is 2. The van der Waals surface area contributed by atoms with Gasteiger partial charge in [-0.2, -0.15) is 10.2 Å². The summed E-state index contributed by atoms with van der Waals surface area (Å²) in [5, 5.41) is 13.5. The predicted octanol–water partition coefficient (Wildman–Crippen LogP) is 2.79. The Bertz CT molecular complexity index is 670. The van der Waals surface area contributed by atoms with Gasteiger partial charge in [0, 0.05) is 6.04 Å². The fourth-order valence-corrected chi connectivity index (χ4v) is 4.07. The number of anilines is 1. The Balaban J connectivity index is 1.47. The smallest absolute Gasteiger partial charge is 0.319 e. The number of amides is 2. The van der Waals surface area contributed by atoms with Crippen molar-refractivity contribution in [3.05, 3.63) is 53.9 Å². The van der Waals surface area contributed by atoms with Crippen molar-refractivity contribution >= 4 is 11.7 Å². The van der Waals surface area contributed by atoms with E-state index in [2.05, 4.69) is 45.1 Å². The standard InChI is InChI=1S/C18H20N4O/c23-18(21-16-7-8-19-20-11-16)22-17-14-5-6-15(17)10-13-4-2-1-3-12(13)9-14/h1-4,7-8,11,14-15,17H,5-6,9-10H2,(H2,19,21,22,23). The van der Waals surface area contributed by atoms with Crippen LogP contribution in [-0.4, -0.2) is 22.3 Å². The molecule has 0 saturated heterocycles. The van der Waals surface area contributed by atoms with Crippen molar-refractivity contribution in [1.29, 1.82) is 0 Å². The maximum atomic E-state index is 12.3. The van der Waals surface area contributed by atoms with Crippen LogP contribution in [0.3, 0.4) is 0 Å². The summed E-state index contributed by atoms with van der Waals surface area (Å²) in [5.74, 6) is 1.06. The van der Waals surface area contributed by atoms with Gasteiger partial charge in [0.25, 0.3) is 0 Å². The Kier molecular flexibility index (Phi) is 3.69. The third kappa shape index (κ3) is 2.91. The molecule has 1 aromatic heterocycles. The SMILES string of the molecule is O=C(Nc1ccnnc1)NC1C2CCC1Cc1ccccc1C2. The van der Waals surface area contributed by atoms with Crippen molar-refractivity contribution in [3.63, 3.8) is 0 Å². The molecule has 2 unspecified atom stereocenters. The van der Waals surface area contributed by atoms with Crippen molar-refractivity contribution in [2.45, 2.75) is 31.7 Å². The summed E-state index contributed by atoms with van der Waals surface area (Å²) >= 11 is 0. The van der Waals surface area contributed by atoms with Gasteiger partial charge >= 0.3 is 6.03 Å². The lowest BCUT2D eigenvalue weighted by Gasteiger charge is -2.23. The summed E-state index contributed by atoms with van der Waals surface area (Å²) in [4.78, 5) is 12.3. The minimum absolute atomic E-state index is 0.147. The lowest BCUT2D eigenvalue weighted by atomic mass is 9.94. The van der Waals surface area contributed by atoms with Crippen LogP contribution < -0.4 is 10.6 Å². The van der Waals surface area contributed by atoms with Crippen molar-refractivity contribution < 1.29 is 4.79 Å². The molecular formula is C18H20N4O. The largest absolute Gasteiger partial charge is 0.335 e. The zero-order chi connectivity index (χ0) is 15.6. The Morgan fingerprint density at radius 1 is 1.00 bits per heavy atom. The molecule has 2 N–H and O–H groups in total. The molecule has 0 spiro atoms. The number of nitrogens with zero attached hydrogens (tertiary/aromatic N) is 2. The van der Waals surface area contributed by atoms with E-state index in [0.29, 0.717) is 17.5 Å². The summed E-state index contributed by atoms with van der Waals surface area (Å²) in [6, 6.07) is 10.5. The highest BCUT2D eigenvalue weighted by molar-refractivity contribution is 5.89. The molecule has 1 aromatic carbocycles. The van der Waals surface area contributed by atoms with Gasteiger partial charge in [0.2, 0.25) is 0 Å². The molecule has 23 heavy (non-hydrogen) atoms. The average molecular weight is 308 g/mol. The number of urea groups is 1. The monoisotopic (exact) mass is 308 g/mol. The number of fused-ring (bicyclic) bond motifs is 3. The molecule has 5 nitrogen and oxygen atoms in total. The quantitative estimate of drug-likeness (QED) is 0.896. The van der Waals surface area contributed by atoms with Crippen LogP contribution in [0.1, 0.15) is 24.0 Å². The highest BCUT2D eigenvalue weighted by Gasteiger charge is 2.39. The van der Waals surface area contributed by atoms with E-state index in [1.165, 1.54) is 24.0 Å². The molecule has 5 heteroatoms. The minimum atomic E-state index is -0.147. The number of hydrogen-bond acceptors (Lipinski definition) is 3. The molecule has 1 saturated carbocycles. The van der Waals surface area contributed by atoms with Crippen LogP contribution in [0, 0.1) is 11.8 Å². The second kappa shape index (κ2) is 5.99. The summed E-state index contributed by atoms with van der Waals surface area (Å²) < 4.78 is 0. The average Bonchev–Trinajstić information content (AvgIpc) is 2.83. The second-order valence-electron chi connectivity index (χ2n) is 6.53. The predicted molar refractivity (Wildman–Crippen MR) is 88.0 cm³/mol. The molecule has 118 valence electrons. The third-order valence-corrected chi connectivity index (χ3v) is 5.15. The van der Waals surface area contributed by atoms with Gasteiger partial charge in [-0.15, -0.1) is 0 Å². The molecule has 0 radical (unpaired) electrons. The van der Waals surface area contributed by atoms with E-state index < -0.39 is 0 Å². The first-order valence-corrected chi connectivity index (χ1v) is 8.20. The van der Waals surface area contributed by atoms with E-state index in [9.17, 15) is 4.79 Å². The molecule has 2 aromatic rings. The van der Waals surface area contributed by atoms with Gasteiger partial charge in [-0.1, -0.05) is 24.3 Å². The lowest BCUT2D eigenvalue weighted by molar-refractivity contribution is 0.240. The Hall–Kier alpha value is -2.43. The van der Waals surface area contributed by atoms with Crippen molar-refractivity contribution in [2.75, 3.05) is 5.32 Å². The molecule has 2 amide bonds. The second-order valence-corrected chi connectivity index (χ2v) is 6.53. The lowest BCUT2D eigenvalue weighted by Crippen LogP contribution is -2.44. The van der Waals surface area contributed by atoms with Gasteiger partial charge in [-0.3, -0.25) is 0 Å². The molecule has 2 aliphatic rings. The molecule has 2 aliphatic carbocycles. The molecular weight excluding hydrogens is 288 g/mol. The number of aromatic nitrogens is 2. The van der Waals surface area contributed by atoms with Crippen molar-refractivity contribution in [3.8, 4) is 0 Å². The van der Waals surface area contributed by atoms with Crippen molar-refractivity contribution in [2.24, 2.45) is 11.8 Å². The molecule has 1 fully saturated rings. The van der Waals surface area contributed by atoms with Crippen LogP contribution >= 0.6 is 0 Å². The van der Waals surface area contributed by atoms with Gasteiger partial charge in [-0.25, -0.2) is 4.79 Å². The van der Waals surface area contributed by atoms with E-state index in [1.807, 2.05) is 0 Å². The molecule has 4 rings (SSSR count). The van der Waals surface area contributed by atoms with E-state index in [0.717, 1.165) is 12.8 Å². The van der Waals surface area contributed by atoms with Crippen LogP contribution in [0.4, 0.5) is 10.5 Å². The Labute approximate surface area is 135 Å². The van der Waals surface area contributed by atoms with E-state index >= 15 is 0 Å². The van der Waals surface area contributed by atoms with Crippen LogP contribution in [0.2, 0.25) is 0 Å². The minimum Gasteiger partial charge on any atom is -0.335 e. The zero-order valence-electron chi connectivity index (χ0n) is 12.9. The fourth-order valence-electron chi connectivity index (χ4n) is 4.07. The van der Waals surface area contributed by atoms with Gasteiger partial charge in [0.15, 0.2) is 0 Å². The van der Waals surface area contributed by atoms with Gasteiger partial charge in [-0.05, 0) is 54.7 Å². The van der Waals surface area contributed by atoms with E-state index in [1.54, 1.807) is 18.5 Å². The zero-order valence-corrected chi connectivity index (χ0v) is 12.9. The topological polar surface area (TPSA) is 66.9 Å². The van der Waals surface area contributed by atoms with Gasteiger partial charge in [0.05, 0.1) is 18.1 Å². The summed E-state index contributed by atoms with van der Waals surface area (Å²) in [6.07, 6.45) is 7.64. The number of carbonyl (C=O) groups excluding carboxylic acids is 1. The summed E-state index contributed by atoms with van der Waals surface area (Å²) in [7, 11) is 0. The maximum Gasteiger partial charge on any atom is 0.319 e. The highest BCUT2D eigenvalue weighted by Crippen LogP contribution is 2.40. The van der Waals surface area contributed by atoms with E-state index in [-0.39, 0.29) is 12.1 Å². The number of carbonyl (C=O) groups is 1. The fraction of sp³-hybridized carbons (Fsp3) is 0.389. The third-order valence-electron chi connectivity index (χ3n) is 5.15. The highest BCUT2D eigenvalue weighted by atomic mass is 16.2. The van der Waals surface area contributed by atoms with Crippen LogP contribution in [0.15, 0.2) is 42.7 Å². The van der Waals surface area contributed by atoms with Crippen molar-refractivity contribution in [1.82, 2.24) is 15.5 Å². The number of hydrogen-bond donors (Lipinski definition) is 2. The first kappa shape index (κ1) is 14.2. The van der Waals surface area contributed by atoms with Gasteiger partial charge in [0.1, 0.15) is 0 Å². The maximum absolute atomic E-state index is 12.3. The Morgan fingerprint density at radius 3 is 2.30 bits per heavy atom.